The summed E-state index contributed by atoms with van der Waals surface area (Å²) in [5.74, 6) is -1.90. The van der Waals surface area contributed by atoms with Crippen LogP contribution in [0.5, 0.6) is 0 Å². The number of ether oxygens (including phenoxy) is 2. The lowest BCUT2D eigenvalue weighted by atomic mass is 9.83. The van der Waals surface area contributed by atoms with E-state index in [0.29, 0.717) is 17.4 Å². The highest BCUT2D eigenvalue weighted by atomic mass is 28.4. The van der Waals surface area contributed by atoms with Crippen molar-refractivity contribution in [2.75, 3.05) is 0 Å². The number of allylic oxidation sites excluding steroid dienone is 4. The van der Waals surface area contributed by atoms with E-state index in [1.165, 1.54) is 12.2 Å². The monoisotopic (exact) mass is 616 g/mol. The van der Waals surface area contributed by atoms with Gasteiger partial charge in [-0.15, -0.1) is 0 Å². The highest BCUT2D eigenvalue weighted by Gasteiger charge is 2.45. The summed E-state index contributed by atoms with van der Waals surface area (Å²) in [6.07, 6.45) is 18.4. The molecule has 43 heavy (non-hydrogen) atoms. The van der Waals surface area contributed by atoms with E-state index in [0.717, 1.165) is 37.7 Å². The van der Waals surface area contributed by atoms with Gasteiger partial charge >= 0.3 is 11.9 Å². The zero-order valence-electron chi connectivity index (χ0n) is 28.1. The van der Waals surface area contributed by atoms with Crippen molar-refractivity contribution >= 4 is 20.3 Å². The maximum absolute atomic E-state index is 11.1. The Labute approximate surface area is 260 Å². The molecule has 2 heterocycles. The van der Waals surface area contributed by atoms with Gasteiger partial charge in [-0.25, -0.2) is 9.59 Å². The van der Waals surface area contributed by atoms with E-state index < -0.39 is 26.0 Å². The van der Waals surface area contributed by atoms with Gasteiger partial charge in [-0.2, -0.15) is 0 Å². The normalized spacial score (nSPS) is 29.5. The molecular formula is C35H56O7Si. The van der Waals surface area contributed by atoms with E-state index in [1.54, 1.807) is 13.0 Å². The number of aliphatic carboxylic acids is 2. The maximum atomic E-state index is 11.1. The van der Waals surface area contributed by atoms with Gasteiger partial charge in [0.15, 0.2) is 14.1 Å². The Balaban J connectivity index is 2.16. The second-order valence-corrected chi connectivity index (χ2v) is 19.0. The fourth-order valence-corrected chi connectivity index (χ4v) is 6.52. The number of hydrogen-bond acceptors (Lipinski definition) is 5. The van der Waals surface area contributed by atoms with Crippen molar-refractivity contribution in [1.82, 2.24) is 0 Å². The third-order valence-electron chi connectivity index (χ3n) is 9.29. The average molecular weight is 617 g/mol. The van der Waals surface area contributed by atoms with E-state index in [9.17, 15) is 9.59 Å². The number of carboxylic acid groups (broad SMARTS) is 2. The first-order valence-corrected chi connectivity index (χ1v) is 18.6. The Kier molecular flexibility index (Phi) is 13.4. The molecule has 8 heteroatoms. The Bertz CT molecular complexity index is 1110. The van der Waals surface area contributed by atoms with Crippen LogP contribution in [-0.4, -0.2) is 54.6 Å². The third kappa shape index (κ3) is 11.6. The van der Waals surface area contributed by atoms with Crippen molar-refractivity contribution in [2.24, 2.45) is 17.8 Å². The molecule has 0 radical (unpaired) electrons. The molecule has 2 N–H and O–H groups in total. The van der Waals surface area contributed by atoms with Crippen molar-refractivity contribution in [1.29, 1.82) is 0 Å². The molecule has 7 nitrogen and oxygen atoms in total. The van der Waals surface area contributed by atoms with Crippen LogP contribution < -0.4 is 0 Å². The minimum absolute atomic E-state index is 0.0282. The SMILES string of the molecule is CC(/C=C/[C@H](O[Si](C)(C)C(C)(C)C)[C@@H](C)/C=C/C(=O)O)=C\C[C@H]1O[C@@]2(CC[C@H](C)[C@H](/C=C/C(C)=C/C(=O)O)O2)CC[C@@H]1C. The summed E-state index contributed by atoms with van der Waals surface area (Å²) >= 11 is 0. The molecule has 0 saturated carbocycles. The van der Waals surface area contributed by atoms with Crippen LogP contribution in [0.25, 0.3) is 0 Å². The second kappa shape index (κ2) is 15.6. The molecule has 2 fully saturated rings. The smallest absolute Gasteiger partial charge is 0.328 e. The van der Waals surface area contributed by atoms with E-state index in [-0.39, 0.29) is 29.3 Å². The van der Waals surface area contributed by atoms with Crippen LogP contribution in [0, 0.1) is 17.8 Å². The maximum Gasteiger partial charge on any atom is 0.328 e. The molecule has 0 bridgehead atoms. The van der Waals surface area contributed by atoms with Gasteiger partial charge in [-0.1, -0.05) is 83.6 Å². The molecule has 0 aliphatic carbocycles. The van der Waals surface area contributed by atoms with Gasteiger partial charge in [-0.3, -0.25) is 0 Å². The van der Waals surface area contributed by atoms with Gasteiger partial charge in [0.2, 0.25) is 0 Å². The Morgan fingerprint density at radius 3 is 2.16 bits per heavy atom. The third-order valence-corrected chi connectivity index (χ3v) is 13.8. The van der Waals surface area contributed by atoms with Crippen molar-refractivity contribution in [3.63, 3.8) is 0 Å². The molecule has 0 unspecified atom stereocenters. The van der Waals surface area contributed by atoms with Crippen LogP contribution in [0.1, 0.15) is 87.5 Å². The summed E-state index contributed by atoms with van der Waals surface area (Å²) in [7, 11) is -2.09. The molecule has 2 aliphatic rings. The van der Waals surface area contributed by atoms with Crippen LogP contribution in [0.2, 0.25) is 18.1 Å². The van der Waals surface area contributed by atoms with Gasteiger partial charge in [0.1, 0.15) is 0 Å². The Hall–Kier alpha value is -2.26. The van der Waals surface area contributed by atoms with Gasteiger partial charge in [-0.05, 0) is 68.7 Å². The summed E-state index contributed by atoms with van der Waals surface area (Å²) in [6.45, 7) is 21.3. The summed E-state index contributed by atoms with van der Waals surface area (Å²) in [5.41, 5.74) is 1.78. The lowest BCUT2D eigenvalue weighted by molar-refractivity contribution is -0.323. The molecule has 2 rings (SSSR count). The van der Waals surface area contributed by atoms with Crippen molar-refractivity contribution < 1.29 is 33.7 Å². The van der Waals surface area contributed by atoms with Crippen LogP contribution >= 0.6 is 0 Å². The van der Waals surface area contributed by atoms with Crippen LogP contribution in [0.3, 0.4) is 0 Å². The molecule has 0 aromatic rings. The highest BCUT2D eigenvalue weighted by molar-refractivity contribution is 6.74. The zero-order chi connectivity index (χ0) is 32.6. The van der Waals surface area contributed by atoms with Crippen LogP contribution in [0.4, 0.5) is 0 Å². The zero-order valence-corrected chi connectivity index (χ0v) is 29.1. The first-order chi connectivity index (χ1) is 19.8. The number of rotatable bonds is 12. The second-order valence-electron chi connectivity index (χ2n) is 14.2. The average Bonchev–Trinajstić information content (AvgIpc) is 2.89. The van der Waals surface area contributed by atoms with Crippen LogP contribution in [-0.2, 0) is 23.5 Å². The molecule has 2 saturated heterocycles. The number of carbonyl (C=O) groups is 2. The molecule has 0 aromatic carbocycles. The quantitative estimate of drug-likeness (QED) is 0.129. The minimum atomic E-state index is -2.09. The fraction of sp³-hybridized carbons (Fsp3) is 0.657. The fourth-order valence-electron chi connectivity index (χ4n) is 5.19. The van der Waals surface area contributed by atoms with E-state index in [2.05, 4.69) is 72.9 Å². The molecule has 0 aromatic heterocycles. The highest BCUT2D eigenvalue weighted by Crippen LogP contribution is 2.44. The minimum Gasteiger partial charge on any atom is -0.478 e. The van der Waals surface area contributed by atoms with Crippen molar-refractivity contribution in [2.45, 2.75) is 130 Å². The van der Waals surface area contributed by atoms with E-state index in [1.807, 2.05) is 19.1 Å². The summed E-state index contributed by atoms with van der Waals surface area (Å²) < 4.78 is 20.0. The molecule has 242 valence electrons. The summed E-state index contributed by atoms with van der Waals surface area (Å²) in [6, 6.07) is 0. The predicted octanol–water partition coefficient (Wildman–Crippen LogP) is 8.46. The lowest BCUT2D eigenvalue weighted by Crippen LogP contribution is -2.51. The molecule has 7 atom stereocenters. The first kappa shape index (κ1) is 36.9. The van der Waals surface area contributed by atoms with Gasteiger partial charge in [0, 0.05) is 30.9 Å². The Morgan fingerprint density at radius 1 is 0.953 bits per heavy atom. The first-order valence-electron chi connectivity index (χ1n) is 15.7. The van der Waals surface area contributed by atoms with Crippen LogP contribution in [0.15, 0.2) is 59.8 Å². The van der Waals surface area contributed by atoms with Gasteiger partial charge in [0.05, 0.1) is 18.3 Å². The van der Waals surface area contributed by atoms with Gasteiger partial charge < -0.3 is 24.1 Å². The van der Waals surface area contributed by atoms with Gasteiger partial charge in [0.25, 0.3) is 0 Å². The molecular weight excluding hydrogens is 560 g/mol. The van der Waals surface area contributed by atoms with Crippen molar-refractivity contribution in [3.05, 3.63) is 59.8 Å². The standard InChI is InChI=1S/C35H56O7Si/c1-24(12-17-31(26(3)14-18-32(36)37)42-43(9,10)34(6,7)8)11-15-29-27(4)19-21-35(40-29)22-20-28(5)30(41-35)16-13-25(2)23-33(38)39/h11-14,16-18,23,26-31H,15,19-22H2,1-10H3,(H,36,37)(H,38,39)/b16-13+,17-12+,18-14+,24-11+,25-23+/t26-,27-,28-,29+,30-,31-,35-/m0/s1. The summed E-state index contributed by atoms with van der Waals surface area (Å²) in [4.78, 5) is 22.1. The molecule has 2 aliphatic heterocycles. The van der Waals surface area contributed by atoms with E-state index in [4.69, 9.17) is 24.1 Å². The van der Waals surface area contributed by atoms with Crippen molar-refractivity contribution in [3.8, 4) is 0 Å². The number of hydrogen-bond donors (Lipinski definition) is 2. The summed E-state index contributed by atoms with van der Waals surface area (Å²) in [5, 5.41) is 18.2. The number of carboxylic acids is 2. The largest absolute Gasteiger partial charge is 0.478 e. The predicted molar refractivity (Wildman–Crippen MR) is 175 cm³/mol. The lowest BCUT2D eigenvalue weighted by Gasteiger charge is -2.49. The topological polar surface area (TPSA) is 102 Å². The van der Waals surface area contributed by atoms with E-state index >= 15 is 0 Å². The Morgan fingerprint density at radius 2 is 1.58 bits per heavy atom. The molecule has 0 amide bonds. The molecule has 1 spiro atoms.